The number of hydrogen-bond donors (Lipinski definition) is 4. The predicted octanol–water partition coefficient (Wildman–Crippen LogP) is 6.99. The molecular formula is C31H62O13P2. The molecule has 0 radical (unpaired) electrons. The van der Waals surface area contributed by atoms with Crippen LogP contribution in [0.15, 0.2) is 0 Å². The molecule has 0 amide bonds. The maximum absolute atomic E-state index is 12.5. The second kappa shape index (κ2) is 27.0. The Balaban J connectivity index is 4.67. The molecule has 0 saturated carbocycles. The fourth-order valence-corrected chi connectivity index (χ4v) is 5.60. The highest BCUT2D eigenvalue weighted by atomic mass is 31.2. The molecule has 0 aromatic carbocycles. The molecule has 0 aliphatic heterocycles. The van der Waals surface area contributed by atoms with E-state index in [1.807, 2.05) is 0 Å². The summed E-state index contributed by atoms with van der Waals surface area (Å²) in [6, 6.07) is 0. The Bertz CT molecular complexity index is 880. The molecule has 0 bridgehead atoms. The van der Waals surface area contributed by atoms with Crippen molar-refractivity contribution in [2.45, 2.75) is 149 Å². The van der Waals surface area contributed by atoms with Gasteiger partial charge in [0.2, 0.25) is 0 Å². The molecule has 13 nitrogen and oxygen atoms in total. The van der Waals surface area contributed by atoms with Gasteiger partial charge in [-0.25, -0.2) is 9.13 Å². The van der Waals surface area contributed by atoms with Crippen molar-refractivity contribution in [1.82, 2.24) is 0 Å². The van der Waals surface area contributed by atoms with Crippen molar-refractivity contribution >= 4 is 27.6 Å². The smallest absolute Gasteiger partial charge is 0.462 e. The van der Waals surface area contributed by atoms with Crippen LogP contribution < -0.4 is 0 Å². The molecule has 274 valence electrons. The minimum absolute atomic E-state index is 0.132. The average molecular weight is 705 g/mol. The number of rotatable bonds is 31. The van der Waals surface area contributed by atoms with Gasteiger partial charge < -0.3 is 29.3 Å². The molecule has 0 heterocycles. The second-order valence-corrected chi connectivity index (χ2v) is 15.2. The van der Waals surface area contributed by atoms with E-state index in [0.29, 0.717) is 18.8 Å². The molecular weight excluding hydrogens is 642 g/mol. The molecule has 0 aliphatic rings. The predicted molar refractivity (Wildman–Crippen MR) is 175 cm³/mol. The zero-order valence-electron chi connectivity index (χ0n) is 28.5. The molecule has 0 saturated heterocycles. The first-order valence-corrected chi connectivity index (χ1v) is 20.0. The van der Waals surface area contributed by atoms with Crippen molar-refractivity contribution < 1.29 is 61.6 Å². The van der Waals surface area contributed by atoms with E-state index >= 15 is 0 Å². The van der Waals surface area contributed by atoms with Crippen molar-refractivity contribution in [3.63, 3.8) is 0 Å². The molecule has 0 spiro atoms. The number of carbonyl (C=O) groups is 2. The topological polar surface area (TPSA) is 195 Å². The minimum atomic E-state index is -4.85. The quantitative estimate of drug-likeness (QED) is 0.0328. The van der Waals surface area contributed by atoms with E-state index in [2.05, 4.69) is 36.7 Å². The SMILES string of the molecule is CCC(C)CCCCCCCCC(=O)O[C@H](COC(=O)CCCCCCCCC(C)C)COP(=O)(O)OC[C@@H](O)COP(=O)(O)O. The summed E-state index contributed by atoms with van der Waals surface area (Å²) >= 11 is 0. The monoisotopic (exact) mass is 704 g/mol. The van der Waals surface area contributed by atoms with Crippen LogP contribution in [0.3, 0.4) is 0 Å². The number of aliphatic hydroxyl groups excluding tert-OH is 1. The highest BCUT2D eigenvalue weighted by molar-refractivity contribution is 7.47. The van der Waals surface area contributed by atoms with E-state index in [-0.39, 0.29) is 19.4 Å². The molecule has 0 aliphatic carbocycles. The number of hydrogen-bond acceptors (Lipinski definition) is 10. The lowest BCUT2D eigenvalue weighted by atomic mass is 10.00. The van der Waals surface area contributed by atoms with Gasteiger partial charge in [-0.2, -0.15) is 0 Å². The highest BCUT2D eigenvalue weighted by Crippen LogP contribution is 2.43. The van der Waals surface area contributed by atoms with Crippen LogP contribution in [0.25, 0.3) is 0 Å². The van der Waals surface area contributed by atoms with Crippen molar-refractivity contribution in [3.05, 3.63) is 0 Å². The van der Waals surface area contributed by atoms with Gasteiger partial charge >= 0.3 is 27.6 Å². The Hall–Kier alpha value is -0.880. The fourth-order valence-electron chi connectivity index (χ4n) is 4.45. The lowest BCUT2D eigenvalue weighted by Crippen LogP contribution is -2.30. The van der Waals surface area contributed by atoms with E-state index in [1.165, 1.54) is 38.5 Å². The van der Waals surface area contributed by atoms with Crippen LogP contribution in [-0.2, 0) is 41.8 Å². The van der Waals surface area contributed by atoms with Gasteiger partial charge in [-0.1, -0.05) is 111 Å². The number of phosphoric ester groups is 2. The Morgan fingerprint density at radius 2 is 1.11 bits per heavy atom. The normalized spacial score (nSPS) is 15.3. The Morgan fingerprint density at radius 3 is 1.65 bits per heavy atom. The van der Waals surface area contributed by atoms with Gasteiger partial charge in [-0.05, 0) is 24.7 Å². The maximum Gasteiger partial charge on any atom is 0.472 e. The van der Waals surface area contributed by atoms with E-state index in [4.69, 9.17) is 23.8 Å². The standard InChI is InChI=1S/C31H62O13P2/c1-5-27(4)19-15-11-7-9-13-17-21-31(34)44-29(24-40-30(33)20-16-12-8-6-10-14-18-26(2)3)25-43-46(38,39)42-23-28(32)22-41-45(35,36)37/h26-29,32H,5-25H2,1-4H3,(H,38,39)(H2,35,36,37)/t27?,28-,29+/m0/s1. The summed E-state index contributed by atoms with van der Waals surface area (Å²) in [5.41, 5.74) is 0. The Kier molecular flexibility index (Phi) is 26.5. The molecule has 0 aromatic rings. The van der Waals surface area contributed by atoms with E-state index < -0.39 is 59.6 Å². The largest absolute Gasteiger partial charge is 0.472 e. The summed E-state index contributed by atoms with van der Waals surface area (Å²) < 4.78 is 47.3. The van der Waals surface area contributed by atoms with Crippen LogP contribution in [0.4, 0.5) is 0 Å². The van der Waals surface area contributed by atoms with Crippen LogP contribution in [0.1, 0.15) is 137 Å². The molecule has 0 rings (SSSR count). The number of esters is 2. The Labute approximate surface area is 276 Å². The first-order valence-electron chi connectivity index (χ1n) is 17.0. The second-order valence-electron chi connectivity index (χ2n) is 12.5. The summed E-state index contributed by atoms with van der Waals surface area (Å²) in [5.74, 6) is 0.409. The molecule has 0 fully saturated rings. The molecule has 15 heteroatoms. The number of aliphatic hydroxyl groups is 1. The van der Waals surface area contributed by atoms with Crippen LogP contribution in [0.5, 0.6) is 0 Å². The zero-order valence-corrected chi connectivity index (χ0v) is 30.3. The first-order chi connectivity index (χ1) is 21.6. The molecule has 2 unspecified atom stereocenters. The van der Waals surface area contributed by atoms with Crippen molar-refractivity contribution in [2.75, 3.05) is 26.4 Å². The van der Waals surface area contributed by atoms with Crippen LogP contribution >= 0.6 is 15.6 Å². The summed E-state index contributed by atoms with van der Waals surface area (Å²) in [6.45, 7) is 6.18. The van der Waals surface area contributed by atoms with Crippen LogP contribution in [-0.4, -0.2) is 70.4 Å². The third kappa shape index (κ3) is 30.5. The summed E-state index contributed by atoms with van der Waals surface area (Å²) in [6.07, 6.45) is 13.2. The van der Waals surface area contributed by atoms with Gasteiger partial charge in [-0.15, -0.1) is 0 Å². The molecule has 4 N–H and O–H groups in total. The summed E-state index contributed by atoms with van der Waals surface area (Å²) in [4.78, 5) is 52.1. The van der Waals surface area contributed by atoms with Crippen molar-refractivity contribution in [1.29, 1.82) is 0 Å². The van der Waals surface area contributed by atoms with E-state index in [9.17, 15) is 28.7 Å². The van der Waals surface area contributed by atoms with Gasteiger partial charge in [0, 0.05) is 12.8 Å². The van der Waals surface area contributed by atoms with Crippen LogP contribution in [0, 0.1) is 11.8 Å². The lowest BCUT2D eigenvalue weighted by molar-refractivity contribution is -0.161. The maximum atomic E-state index is 12.5. The lowest BCUT2D eigenvalue weighted by Gasteiger charge is -2.20. The van der Waals surface area contributed by atoms with Crippen molar-refractivity contribution in [2.24, 2.45) is 11.8 Å². The highest BCUT2D eigenvalue weighted by Gasteiger charge is 2.28. The average Bonchev–Trinajstić information content (AvgIpc) is 2.98. The first kappa shape index (κ1) is 45.1. The number of ether oxygens (including phenoxy) is 2. The van der Waals surface area contributed by atoms with Gasteiger partial charge in [0.25, 0.3) is 0 Å². The third-order valence-corrected chi connectivity index (χ3v) is 8.89. The van der Waals surface area contributed by atoms with E-state index in [0.717, 1.165) is 50.9 Å². The summed E-state index contributed by atoms with van der Waals surface area (Å²) in [5, 5.41) is 9.67. The zero-order chi connectivity index (χ0) is 34.8. The number of carbonyl (C=O) groups excluding carboxylic acids is 2. The van der Waals surface area contributed by atoms with Gasteiger partial charge in [0.1, 0.15) is 12.7 Å². The van der Waals surface area contributed by atoms with Gasteiger partial charge in [-0.3, -0.25) is 23.2 Å². The summed E-state index contributed by atoms with van der Waals surface area (Å²) in [7, 11) is -9.63. The molecule has 0 aromatic heterocycles. The Morgan fingerprint density at radius 1 is 0.630 bits per heavy atom. The minimum Gasteiger partial charge on any atom is -0.462 e. The number of phosphoric acid groups is 2. The van der Waals surface area contributed by atoms with Gasteiger partial charge in [0.05, 0.1) is 19.8 Å². The van der Waals surface area contributed by atoms with Gasteiger partial charge in [0.15, 0.2) is 6.10 Å². The fraction of sp³-hybridized carbons (Fsp3) is 0.935. The third-order valence-electron chi connectivity index (χ3n) is 7.45. The number of unbranched alkanes of at least 4 members (excludes halogenated alkanes) is 10. The van der Waals surface area contributed by atoms with E-state index in [1.54, 1.807) is 0 Å². The molecule has 46 heavy (non-hydrogen) atoms. The van der Waals surface area contributed by atoms with Crippen molar-refractivity contribution in [3.8, 4) is 0 Å². The van der Waals surface area contributed by atoms with Crippen LogP contribution in [0.2, 0.25) is 0 Å². The molecule has 4 atom stereocenters.